The molecule has 0 radical (unpaired) electrons. The maximum Gasteiger partial charge on any atom is 0.152 e. The summed E-state index contributed by atoms with van der Waals surface area (Å²) >= 11 is 18.6. The summed E-state index contributed by atoms with van der Waals surface area (Å²) in [5.41, 5.74) is 1.86. The fourth-order valence-electron chi connectivity index (χ4n) is 1.52. The van der Waals surface area contributed by atoms with Gasteiger partial charge in [0, 0.05) is 21.2 Å². The number of nitrogens with one attached hydrogen (secondary N) is 1. The minimum Gasteiger partial charge on any atom is -0.505 e. The molecule has 0 fully saturated rings. The van der Waals surface area contributed by atoms with E-state index < -0.39 is 0 Å². The first-order chi connectivity index (χ1) is 8.97. The highest BCUT2D eigenvalue weighted by Gasteiger charge is 2.06. The lowest BCUT2D eigenvalue weighted by molar-refractivity contribution is 0.476. The molecule has 0 aliphatic heterocycles. The number of phenols is 1. The van der Waals surface area contributed by atoms with Crippen LogP contribution in [0.15, 0.2) is 39.3 Å². The maximum absolute atomic E-state index is 9.48. The lowest BCUT2D eigenvalue weighted by Crippen LogP contribution is -1.99. The molecule has 2 nitrogen and oxygen atoms in total. The van der Waals surface area contributed by atoms with E-state index in [0.29, 0.717) is 6.54 Å². The van der Waals surface area contributed by atoms with E-state index in [1.165, 1.54) is 0 Å². The van der Waals surface area contributed by atoms with Crippen molar-refractivity contribution in [3.05, 3.63) is 54.9 Å². The monoisotopic (exact) mass is 423 g/mol. The van der Waals surface area contributed by atoms with Gasteiger partial charge in [-0.2, -0.15) is 0 Å². The number of halogens is 4. The second-order valence-corrected chi connectivity index (χ2v) is 6.41. The number of anilines is 1. The van der Waals surface area contributed by atoms with Gasteiger partial charge in [-0.25, -0.2) is 0 Å². The van der Waals surface area contributed by atoms with E-state index in [9.17, 15) is 5.11 Å². The Bertz CT molecular complexity index is 597. The molecule has 2 aromatic carbocycles. The molecule has 0 aliphatic rings. The number of benzene rings is 2. The van der Waals surface area contributed by atoms with Crippen molar-refractivity contribution >= 4 is 60.7 Å². The molecule has 2 aromatic rings. The van der Waals surface area contributed by atoms with Crippen molar-refractivity contribution in [1.29, 1.82) is 0 Å². The molecule has 0 saturated carbocycles. The first-order valence-corrected chi connectivity index (χ1v) is 7.67. The van der Waals surface area contributed by atoms with Crippen LogP contribution >= 0.6 is 55.1 Å². The Morgan fingerprint density at radius 3 is 2.21 bits per heavy atom. The lowest BCUT2D eigenvalue weighted by atomic mass is 10.2. The molecule has 0 bridgehead atoms. The minimum atomic E-state index is -0.0970. The largest absolute Gasteiger partial charge is 0.505 e. The Labute approximate surface area is 138 Å². The summed E-state index contributed by atoms with van der Waals surface area (Å²) in [6.45, 7) is 0.628. The summed E-state index contributed by atoms with van der Waals surface area (Å²) in [7, 11) is 0. The zero-order valence-corrected chi connectivity index (χ0v) is 14.2. The van der Waals surface area contributed by atoms with Crippen molar-refractivity contribution in [2.75, 3.05) is 5.32 Å². The Hall–Kier alpha value is -0.420. The third kappa shape index (κ3) is 3.78. The zero-order chi connectivity index (χ0) is 14.0. The quantitative estimate of drug-likeness (QED) is 0.606. The van der Waals surface area contributed by atoms with Crippen LogP contribution in [-0.2, 0) is 6.54 Å². The molecule has 19 heavy (non-hydrogen) atoms. The highest BCUT2D eigenvalue weighted by Crippen LogP contribution is 2.34. The van der Waals surface area contributed by atoms with E-state index in [-0.39, 0.29) is 15.8 Å². The number of phenolic OH excluding ortho intramolecular Hbond substituents is 1. The van der Waals surface area contributed by atoms with Gasteiger partial charge in [0.05, 0.1) is 10.0 Å². The molecule has 0 saturated heterocycles. The van der Waals surface area contributed by atoms with Crippen molar-refractivity contribution in [2.24, 2.45) is 0 Å². The van der Waals surface area contributed by atoms with Crippen LogP contribution in [0.4, 0.5) is 5.69 Å². The average Bonchev–Trinajstić information content (AvgIpc) is 2.37. The van der Waals surface area contributed by atoms with Gasteiger partial charge in [-0.1, -0.05) is 29.3 Å². The van der Waals surface area contributed by atoms with Gasteiger partial charge < -0.3 is 10.4 Å². The molecule has 2 rings (SSSR count). The van der Waals surface area contributed by atoms with Crippen molar-refractivity contribution in [3.63, 3.8) is 0 Å². The normalized spacial score (nSPS) is 10.5. The van der Waals surface area contributed by atoms with Crippen LogP contribution in [0.5, 0.6) is 5.75 Å². The second-order valence-electron chi connectivity index (χ2n) is 3.89. The summed E-state index contributed by atoms with van der Waals surface area (Å²) in [6.07, 6.45) is 0. The first-order valence-electron chi connectivity index (χ1n) is 5.33. The molecule has 0 aromatic heterocycles. The first kappa shape index (κ1) is 15.0. The summed E-state index contributed by atoms with van der Waals surface area (Å²) in [5.74, 6) is -0.0970. The van der Waals surface area contributed by atoms with Crippen LogP contribution in [0.1, 0.15) is 5.56 Å². The van der Waals surface area contributed by atoms with Gasteiger partial charge in [0.15, 0.2) is 5.75 Å². The predicted octanol–water partition coefficient (Wildman–Crippen LogP) is 5.84. The standard InChI is InChI=1S/C13H9Br2Cl2NO/c14-9-2-1-7(3-10(9)15)6-18-8-4-11(16)13(19)12(17)5-8/h1-5,18-19H,6H2. The predicted molar refractivity (Wildman–Crippen MR) is 87.3 cm³/mol. The van der Waals surface area contributed by atoms with E-state index in [2.05, 4.69) is 37.2 Å². The fraction of sp³-hybridized carbons (Fsp3) is 0.0769. The lowest BCUT2D eigenvalue weighted by Gasteiger charge is -2.09. The van der Waals surface area contributed by atoms with Crippen molar-refractivity contribution < 1.29 is 5.11 Å². The number of aromatic hydroxyl groups is 1. The molecular formula is C13H9Br2Cl2NO. The maximum atomic E-state index is 9.48. The van der Waals surface area contributed by atoms with E-state index in [1.54, 1.807) is 12.1 Å². The molecule has 0 atom stereocenters. The van der Waals surface area contributed by atoms with Gasteiger partial charge in [-0.05, 0) is 61.7 Å². The minimum absolute atomic E-state index is 0.0970. The molecule has 0 aliphatic carbocycles. The Kier molecular flexibility index (Phi) is 5.01. The highest BCUT2D eigenvalue weighted by molar-refractivity contribution is 9.13. The molecule has 0 spiro atoms. The van der Waals surface area contributed by atoms with Crippen LogP contribution in [0.2, 0.25) is 10.0 Å². The smallest absolute Gasteiger partial charge is 0.152 e. The molecule has 0 unspecified atom stereocenters. The van der Waals surface area contributed by atoms with Crippen molar-refractivity contribution in [3.8, 4) is 5.75 Å². The van der Waals surface area contributed by atoms with Crippen LogP contribution in [0.25, 0.3) is 0 Å². The Morgan fingerprint density at radius 2 is 1.63 bits per heavy atom. The average molecular weight is 426 g/mol. The molecule has 6 heteroatoms. The molecule has 2 N–H and O–H groups in total. The summed E-state index contributed by atoms with van der Waals surface area (Å²) in [6, 6.07) is 9.26. The van der Waals surface area contributed by atoms with E-state index in [4.69, 9.17) is 23.2 Å². The van der Waals surface area contributed by atoms with E-state index in [0.717, 1.165) is 20.2 Å². The summed E-state index contributed by atoms with van der Waals surface area (Å²) in [5, 5.41) is 13.1. The molecule has 100 valence electrons. The Morgan fingerprint density at radius 1 is 1.00 bits per heavy atom. The van der Waals surface area contributed by atoms with Gasteiger partial charge >= 0.3 is 0 Å². The molecular weight excluding hydrogens is 417 g/mol. The highest BCUT2D eigenvalue weighted by atomic mass is 79.9. The Balaban J connectivity index is 2.12. The van der Waals surface area contributed by atoms with Crippen molar-refractivity contribution in [2.45, 2.75) is 6.54 Å². The summed E-state index contributed by atoms with van der Waals surface area (Å²) in [4.78, 5) is 0. The van der Waals surface area contributed by atoms with Gasteiger partial charge in [0.1, 0.15) is 0 Å². The number of hydrogen-bond donors (Lipinski definition) is 2. The van der Waals surface area contributed by atoms with Crippen LogP contribution < -0.4 is 5.32 Å². The van der Waals surface area contributed by atoms with Crippen LogP contribution in [-0.4, -0.2) is 5.11 Å². The number of hydrogen-bond acceptors (Lipinski definition) is 2. The second kappa shape index (κ2) is 6.35. The van der Waals surface area contributed by atoms with E-state index in [1.807, 2.05) is 18.2 Å². The molecule has 0 heterocycles. The van der Waals surface area contributed by atoms with Gasteiger partial charge in [-0.3, -0.25) is 0 Å². The topological polar surface area (TPSA) is 32.3 Å². The summed E-state index contributed by atoms with van der Waals surface area (Å²) < 4.78 is 2.00. The van der Waals surface area contributed by atoms with Gasteiger partial charge in [0.2, 0.25) is 0 Å². The van der Waals surface area contributed by atoms with Crippen molar-refractivity contribution in [1.82, 2.24) is 0 Å². The van der Waals surface area contributed by atoms with Gasteiger partial charge in [-0.15, -0.1) is 0 Å². The van der Waals surface area contributed by atoms with E-state index >= 15 is 0 Å². The molecule has 0 amide bonds. The third-order valence-electron chi connectivity index (χ3n) is 2.50. The van der Waals surface area contributed by atoms with Gasteiger partial charge in [0.25, 0.3) is 0 Å². The fourth-order valence-corrected chi connectivity index (χ4v) is 2.68. The van der Waals surface area contributed by atoms with Crippen LogP contribution in [0.3, 0.4) is 0 Å². The van der Waals surface area contributed by atoms with Crippen LogP contribution in [0, 0.1) is 0 Å². The zero-order valence-electron chi connectivity index (χ0n) is 9.55. The third-order valence-corrected chi connectivity index (χ3v) is 4.95. The SMILES string of the molecule is Oc1c(Cl)cc(NCc2ccc(Br)c(Br)c2)cc1Cl. The number of rotatable bonds is 3.